The second kappa shape index (κ2) is 6.32. The zero-order chi connectivity index (χ0) is 16.4. The lowest BCUT2D eigenvalue weighted by molar-refractivity contribution is -0.141. The van der Waals surface area contributed by atoms with Gasteiger partial charge in [-0.1, -0.05) is 6.92 Å². The first-order valence-electron chi connectivity index (χ1n) is 7.96. The fourth-order valence-electron chi connectivity index (χ4n) is 3.06. The number of aryl methyl sites for hydroxylation is 1. The second-order valence-corrected chi connectivity index (χ2v) is 5.98. The molecule has 0 spiro atoms. The Labute approximate surface area is 134 Å². The topological polar surface area (TPSA) is 74.6 Å². The monoisotopic (exact) mass is 315 g/mol. The maximum Gasteiger partial charge on any atom is 0.321 e. The molecular weight excluding hydrogens is 294 g/mol. The number of rotatable bonds is 4. The number of carbonyl (C=O) groups is 2. The first-order valence-corrected chi connectivity index (χ1v) is 7.96. The fraction of sp³-hybridized carbons (Fsp3) is 0.412. The molecule has 3 rings (SSSR count). The van der Waals surface area contributed by atoms with Crippen LogP contribution in [0, 0.1) is 5.92 Å². The molecular formula is C17H21N3O3. The van der Waals surface area contributed by atoms with E-state index in [1.165, 1.54) is 0 Å². The molecule has 1 atom stereocenters. The molecule has 2 N–H and O–H groups in total. The van der Waals surface area contributed by atoms with Crippen molar-refractivity contribution in [1.29, 1.82) is 0 Å². The SMILES string of the molecule is CCCn1ccc2cc(NC(=O)N3CCC(C(=O)O)C3)ccc21. The molecule has 122 valence electrons. The summed E-state index contributed by atoms with van der Waals surface area (Å²) >= 11 is 0. The van der Waals surface area contributed by atoms with Gasteiger partial charge in [-0.25, -0.2) is 4.79 Å². The highest BCUT2D eigenvalue weighted by atomic mass is 16.4. The van der Waals surface area contributed by atoms with Crippen LogP contribution in [0.3, 0.4) is 0 Å². The summed E-state index contributed by atoms with van der Waals surface area (Å²) in [7, 11) is 0. The third-order valence-corrected chi connectivity index (χ3v) is 4.31. The van der Waals surface area contributed by atoms with Crippen LogP contribution in [0.2, 0.25) is 0 Å². The number of anilines is 1. The highest BCUT2D eigenvalue weighted by molar-refractivity contribution is 5.93. The van der Waals surface area contributed by atoms with Crippen molar-refractivity contribution in [2.24, 2.45) is 5.92 Å². The molecule has 23 heavy (non-hydrogen) atoms. The summed E-state index contributed by atoms with van der Waals surface area (Å²) in [6, 6.07) is 7.64. The number of likely N-dealkylation sites (tertiary alicyclic amines) is 1. The number of benzene rings is 1. The first-order chi connectivity index (χ1) is 11.1. The summed E-state index contributed by atoms with van der Waals surface area (Å²) in [6.45, 7) is 3.87. The quantitative estimate of drug-likeness (QED) is 0.911. The number of hydrogen-bond acceptors (Lipinski definition) is 2. The van der Waals surface area contributed by atoms with E-state index in [-0.39, 0.29) is 12.6 Å². The Morgan fingerprint density at radius 1 is 1.35 bits per heavy atom. The third kappa shape index (κ3) is 3.16. The minimum absolute atomic E-state index is 0.235. The van der Waals surface area contributed by atoms with E-state index in [1.54, 1.807) is 4.90 Å². The van der Waals surface area contributed by atoms with Crippen LogP contribution in [-0.4, -0.2) is 39.7 Å². The number of fused-ring (bicyclic) bond motifs is 1. The number of nitrogens with one attached hydrogen (secondary N) is 1. The van der Waals surface area contributed by atoms with Crippen molar-refractivity contribution in [2.45, 2.75) is 26.3 Å². The van der Waals surface area contributed by atoms with Crippen LogP contribution in [0.15, 0.2) is 30.5 Å². The van der Waals surface area contributed by atoms with Gasteiger partial charge in [-0.05, 0) is 37.1 Å². The number of carboxylic acid groups (broad SMARTS) is 1. The molecule has 6 heteroatoms. The van der Waals surface area contributed by atoms with Crippen molar-refractivity contribution < 1.29 is 14.7 Å². The van der Waals surface area contributed by atoms with Crippen molar-refractivity contribution in [3.8, 4) is 0 Å². The Bertz CT molecular complexity index is 738. The zero-order valence-corrected chi connectivity index (χ0v) is 13.2. The first kappa shape index (κ1) is 15.4. The minimum atomic E-state index is -0.834. The summed E-state index contributed by atoms with van der Waals surface area (Å²) in [5.74, 6) is -1.29. The molecule has 0 saturated carbocycles. The molecule has 0 radical (unpaired) electrons. The summed E-state index contributed by atoms with van der Waals surface area (Å²) in [6.07, 6.45) is 3.64. The maximum absolute atomic E-state index is 12.2. The average molecular weight is 315 g/mol. The summed E-state index contributed by atoms with van der Waals surface area (Å²) < 4.78 is 2.19. The number of aliphatic carboxylic acids is 1. The number of aromatic nitrogens is 1. The highest BCUT2D eigenvalue weighted by Crippen LogP contribution is 2.22. The average Bonchev–Trinajstić information content (AvgIpc) is 3.15. The van der Waals surface area contributed by atoms with Crippen LogP contribution in [-0.2, 0) is 11.3 Å². The fourth-order valence-corrected chi connectivity index (χ4v) is 3.06. The molecule has 1 saturated heterocycles. The number of hydrogen-bond donors (Lipinski definition) is 2. The van der Waals surface area contributed by atoms with Gasteiger partial charge in [0.05, 0.1) is 5.92 Å². The van der Waals surface area contributed by atoms with Crippen molar-refractivity contribution in [3.05, 3.63) is 30.5 Å². The van der Waals surface area contributed by atoms with E-state index in [2.05, 4.69) is 23.0 Å². The summed E-state index contributed by atoms with van der Waals surface area (Å²) in [5, 5.41) is 13.0. The molecule has 1 aliphatic rings. The number of urea groups is 1. The van der Waals surface area contributed by atoms with Gasteiger partial charge in [0.2, 0.25) is 0 Å². The van der Waals surface area contributed by atoms with E-state index >= 15 is 0 Å². The van der Waals surface area contributed by atoms with E-state index in [0.29, 0.717) is 13.0 Å². The second-order valence-electron chi connectivity index (χ2n) is 5.98. The van der Waals surface area contributed by atoms with Crippen LogP contribution in [0.5, 0.6) is 0 Å². The Hall–Kier alpha value is -2.50. The lowest BCUT2D eigenvalue weighted by atomic mass is 10.1. The van der Waals surface area contributed by atoms with Crippen LogP contribution in [0.4, 0.5) is 10.5 Å². The molecule has 6 nitrogen and oxygen atoms in total. The van der Waals surface area contributed by atoms with Crippen molar-refractivity contribution in [2.75, 3.05) is 18.4 Å². The largest absolute Gasteiger partial charge is 0.481 e. The number of carboxylic acids is 1. The van der Waals surface area contributed by atoms with Crippen LogP contribution < -0.4 is 5.32 Å². The van der Waals surface area contributed by atoms with Gasteiger partial charge < -0.3 is 19.9 Å². The molecule has 1 fully saturated rings. The highest BCUT2D eigenvalue weighted by Gasteiger charge is 2.30. The lowest BCUT2D eigenvalue weighted by Crippen LogP contribution is -2.33. The Balaban J connectivity index is 1.69. The molecule has 0 aliphatic carbocycles. The predicted molar refractivity (Wildman–Crippen MR) is 88.6 cm³/mol. The molecule has 2 amide bonds. The van der Waals surface area contributed by atoms with Crippen molar-refractivity contribution in [3.63, 3.8) is 0 Å². The molecule has 1 aliphatic heterocycles. The number of nitrogens with zero attached hydrogens (tertiary/aromatic N) is 2. The number of amides is 2. The van der Waals surface area contributed by atoms with Gasteiger partial charge in [0.15, 0.2) is 0 Å². The molecule has 2 aromatic rings. The smallest absolute Gasteiger partial charge is 0.321 e. The van der Waals surface area contributed by atoms with Crippen LogP contribution in [0.1, 0.15) is 19.8 Å². The Kier molecular flexibility index (Phi) is 4.23. The van der Waals surface area contributed by atoms with Gasteiger partial charge in [-0.15, -0.1) is 0 Å². The van der Waals surface area contributed by atoms with Gasteiger partial charge in [0.1, 0.15) is 0 Å². The van der Waals surface area contributed by atoms with Gasteiger partial charge in [0, 0.05) is 42.4 Å². The van der Waals surface area contributed by atoms with E-state index < -0.39 is 11.9 Å². The van der Waals surface area contributed by atoms with Gasteiger partial charge in [0.25, 0.3) is 0 Å². The van der Waals surface area contributed by atoms with E-state index in [1.807, 2.05) is 24.3 Å². The third-order valence-electron chi connectivity index (χ3n) is 4.31. The zero-order valence-electron chi connectivity index (χ0n) is 13.2. The normalized spacial score (nSPS) is 17.6. The molecule has 1 unspecified atom stereocenters. The molecule has 1 aromatic heterocycles. The molecule has 2 heterocycles. The summed E-state index contributed by atoms with van der Waals surface area (Å²) in [5.41, 5.74) is 1.88. The van der Waals surface area contributed by atoms with Crippen LogP contribution in [0.25, 0.3) is 10.9 Å². The van der Waals surface area contributed by atoms with Crippen molar-refractivity contribution in [1.82, 2.24) is 9.47 Å². The van der Waals surface area contributed by atoms with Gasteiger partial charge >= 0.3 is 12.0 Å². The Morgan fingerprint density at radius 3 is 2.87 bits per heavy atom. The predicted octanol–water partition coefficient (Wildman–Crippen LogP) is 2.99. The van der Waals surface area contributed by atoms with E-state index in [0.717, 1.165) is 29.6 Å². The van der Waals surface area contributed by atoms with Gasteiger partial charge in [-0.3, -0.25) is 4.79 Å². The van der Waals surface area contributed by atoms with E-state index in [4.69, 9.17) is 5.11 Å². The molecule has 0 bridgehead atoms. The maximum atomic E-state index is 12.2. The lowest BCUT2D eigenvalue weighted by Gasteiger charge is -2.17. The van der Waals surface area contributed by atoms with Gasteiger partial charge in [-0.2, -0.15) is 0 Å². The minimum Gasteiger partial charge on any atom is -0.481 e. The van der Waals surface area contributed by atoms with Crippen molar-refractivity contribution >= 4 is 28.6 Å². The van der Waals surface area contributed by atoms with E-state index in [9.17, 15) is 9.59 Å². The van der Waals surface area contributed by atoms with Crippen LogP contribution >= 0.6 is 0 Å². The standard InChI is InChI=1S/C17H21N3O3/c1-2-7-19-8-5-12-10-14(3-4-15(12)19)18-17(23)20-9-6-13(11-20)16(21)22/h3-5,8,10,13H,2,6-7,9,11H2,1H3,(H,18,23)(H,21,22). The number of carbonyl (C=O) groups excluding carboxylic acids is 1. The summed E-state index contributed by atoms with van der Waals surface area (Å²) in [4.78, 5) is 24.8. The molecule has 1 aromatic carbocycles. The Morgan fingerprint density at radius 2 is 2.17 bits per heavy atom.